The van der Waals surface area contributed by atoms with E-state index in [1.807, 2.05) is 0 Å². The summed E-state index contributed by atoms with van der Waals surface area (Å²) < 4.78 is 14.8. The van der Waals surface area contributed by atoms with E-state index in [-0.39, 0.29) is 0 Å². The number of rotatable bonds is 5. The fraction of sp³-hybridized carbons (Fsp3) is 0.125. The van der Waals surface area contributed by atoms with Crippen LogP contribution in [0.4, 0.5) is 14.9 Å². The van der Waals surface area contributed by atoms with Gasteiger partial charge in [-0.2, -0.15) is 0 Å². The highest BCUT2D eigenvalue weighted by atomic mass is 19.1. The molecule has 0 spiro atoms. The molecule has 0 atom stereocenters. The van der Waals surface area contributed by atoms with Gasteiger partial charge < -0.3 is 10.6 Å². The van der Waals surface area contributed by atoms with Crippen molar-refractivity contribution in [2.45, 2.75) is 6.42 Å². The van der Waals surface area contributed by atoms with Crippen LogP contribution in [0.2, 0.25) is 0 Å². The highest BCUT2D eigenvalue weighted by molar-refractivity contribution is 5.89. The Morgan fingerprint density at radius 2 is 2.17 bits per heavy atom. The lowest BCUT2D eigenvalue weighted by molar-refractivity contribution is 0.252. The number of amides is 2. The molecule has 0 aliphatic carbocycles. The standard InChI is InChI=1S/C16H15FN6O/c17-12-2-1-3-13(10-12)21-16(24)20-6-4-14-19-7-5-15(22-14)23-9-8-18-11-23/h1-3,5,7-11H,4,6H2,(H2,20,21,24). The lowest BCUT2D eigenvalue weighted by Gasteiger charge is -2.08. The third kappa shape index (κ3) is 4.13. The summed E-state index contributed by atoms with van der Waals surface area (Å²) in [4.78, 5) is 24.3. The summed E-state index contributed by atoms with van der Waals surface area (Å²) >= 11 is 0. The second-order valence-electron chi connectivity index (χ2n) is 4.94. The van der Waals surface area contributed by atoms with Gasteiger partial charge in [-0.25, -0.2) is 24.1 Å². The summed E-state index contributed by atoms with van der Waals surface area (Å²) in [6.45, 7) is 0.356. The van der Waals surface area contributed by atoms with E-state index < -0.39 is 11.8 Å². The van der Waals surface area contributed by atoms with E-state index in [1.54, 1.807) is 41.6 Å². The molecular weight excluding hydrogens is 311 g/mol. The van der Waals surface area contributed by atoms with Crippen LogP contribution in [0.3, 0.4) is 0 Å². The minimum Gasteiger partial charge on any atom is -0.337 e. The van der Waals surface area contributed by atoms with Crippen LogP contribution in [0.15, 0.2) is 55.2 Å². The summed E-state index contributed by atoms with van der Waals surface area (Å²) in [5.74, 6) is 0.909. The fourth-order valence-electron chi connectivity index (χ4n) is 2.08. The van der Waals surface area contributed by atoms with E-state index in [0.29, 0.717) is 30.3 Å². The molecule has 2 aromatic heterocycles. The van der Waals surface area contributed by atoms with Gasteiger partial charge in [0.25, 0.3) is 0 Å². The number of halogens is 1. The van der Waals surface area contributed by atoms with Crippen LogP contribution < -0.4 is 10.6 Å². The first-order valence-corrected chi connectivity index (χ1v) is 7.31. The second-order valence-corrected chi connectivity index (χ2v) is 4.94. The normalized spacial score (nSPS) is 10.4. The van der Waals surface area contributed by atoms with Gasteiger partial charge in [0, 0.05) is 37.2 Å². The maximum absolute atomic E-state index is 13.1. The first-order valence-electron chi connectivity index (χ1n) is 7.31. The number of urea groups is 1. The number of nitrogens with one attached hydrogen (secondary N) is 2. The van der Waals surface area contributed by atoms with Gasteiger partial charge in [-0.1, -0.05) is 6.07 Å². The Morgan fingerprint density at radius 3 is 2.96 bits per heavy atom. The molecule has 3 aromatic rings. The fourth-order valence-corrected chi connectivity index (χ4v) is 2.08. The van der Waals surface area contributed by atoms with Crippen LogP contribution in [0.25, 0.3) is 5.82 Å². The van der Waals surface area contributed by atoms with Crippen molar-refractivity contribution >= 4 is 11.7 Å². The second kappa shape index (κ2) is 7.32. The molecule has 0 bridgehead atoms. The molecule has 1 aromatic carbocycles. The average molecular weight is 326 g/mol. The lowest BCUT2D eigenvalue weighted by Crippen LogP contribution is -2.30. The average Bonchev–Trinajstić information content (AvgIpc) is 3.10. The van der Waals surface area contributed by atoms with Crippen molar-refractivity contribution in [1.82, 2.24) is 24.8 Å². The summed E-state index contributed by atoms with van der Waals surface area (Å²) in [5, 5.41) is 5.24. The third-order valence-electron chi connectivity index (χ3n) is 3.18. The molecule has 7 nitrogen and oxygen atoms in total. The molecule has 8 heteroatoms. The van der Waals surface area contributed by atoms with Crippen LogP contribution in [0.5, 0.6) is 0 Å². The van der Waals surface area contributed by atoms with Crippen LogP contribution in [0, 0.1) is 5.82 Å². The maximum Gasteiger partial charge on any atom is 0.319 e. The molecule has 0 fully saturated rings. The number of aromatic nitrogens is 4. The Balaban J connectivity index is 1.51. The Morgan fingerprint density at radius 1 is 1.25 bits per heavy atom. The molecule has 2 amide bonds. The number of carbonyl (C=O) groups excluding carboxylic acids is 1. The smallest absolute Gasteiger partial charge is 0.319 e. The predicted octanol–water partition coefficient (Wildman–Crippen LogP) is 2.17. The maximum atomic E-state index is 13.1. The molecule has 0 saturated carbocycles. The van der Waals surface area contributed by atoms with Crippen molar-refractivity contribution in [3.63, 3.8) is 0 Å². The number of carbonyl (C=O) groups is 1. The van der Waals surface area contributed by atoms with Gasteiger partial charge in [0.05, 0.1) is 0 Å². The summed E-state index contributed by atoms with van der Waals surface area (Å²) in [6, 6.07) is 7.06. The molecule has 0 aliphatic rings. The molecule has 2 heterocycles. The summed E-state index contributed by atoms with van der Waals surface area (Å²) in [5.41, 5.74) is 0.394. The predicted molar refractivity (Wildman–Crippen MR) is 86.3 cm³/mol. The highest BCUT2D eigenvalue weighted by Gasteiger charge is 2.04. The van der Waals surface area contributed by atoms with Gasteiger partial charge in [0.1, 0.15) is 23.8 Å². The number of hydrogen-bond acceptors (Lipinski definition) is 4. The molecule has 0 aliphatic heterocycles. The molecule has 0 radical (unpaired) electrons. The van der Waals surface area contributed by atoms with Gasteiger partial charge in [-0.3, -0.25) is 4.57 Å². The van der Waals surface area contributed by atoms with Crippen molar-refractivity contribution in [2.75, 3.05) is 11.9 Å². The minimum absolute atomic E-state index is 0.356. The van der Waals surface area contributed by atoms with Crippen LogP contribution >= 0.6 is 0 Å². The number of anilines is 1. The topological polar surface area (TPSA) is 84.7 Å². The summed E-state index contributed by atoms with van der Waals surface area (Å²) in [6.07, 6.45) is 7.23. The Labute approximate surface area is 137 Å². The quantitative estimate of drug-likeness (QED) is 0.752. The van der Waals surface area contributed by atoms with Crippen LogP contribution in [0.1, 0.15) is 5.82 Å². The molecule has 24 heavy (non-hydrogen) atoms. The Kier molecular flexibility index (Phi) is 4.76. The van der Waals surface area contributed by atoms with E-state index in [9.17, 15) is 9.18 Å². The zero-order chi connectivity index (χ0) is 16.8. The largest absolute Gasteiger partial charge is 0.337 e. The highest BCUT2D eigenvalue weighted by Crippen LogP contribution is 2.08. The van der Waals surface area contributed by atoms with Crippen molar-refractivity contribution in [2.24, 2.45) is 0 Å². The monoisotopic (exact) mass is 326 g/mol. The van der Waals surface area contributed by atoms with Crippen molar-refractivity contribution in [3.8, 4) is 5.82 Å². The van der Waals surface area contributed by atoms with E-state index in [2.05, 4.69) is 25.6 Å². The third-order valence-corrected chi connectivity index (χ3v) is 3.18. The first kappa shape index (κ1) is 15.6. The molecular formula is C16H15FN6O. The van der Waals surface area contributed by atoms with E-state index in [1.165, 1.54) is 18.2 Å². The number of hydrogen-bond donors (Lipinski definition) is 2. The van der Waals surface area contributed by atoms with Crippen molar-refractivity contribution in [3.05, 3.63) is 66.9 Å². The van der Waals surface area contributed by atoms with E-state index in [0.717, 1.165) is 0 Å². The van der Waals surface area contributed by atoms with E-state index in [4.69, 9.17) is 0 Å². The van der Waals surface area contributed by atoms with Crippen LogP contribution in [-0.2, 0) is 6.42 Å². The van der Waals surface area contributed by atoms with Crippen molar-refractivity contribution in [1.29, 1.82) is 0 Å². The zero-order valence-corrected chi connectivity index (χ0v) is 12.7. The minimum atomic E-state index is -0.411. The number of imidazole rings is 1. The number of nitrogens with zero attached hydrogens (tertiary/aromatic N) is 4. The molecule has 3 rings (SSSR count). The number of benzene rings is 1. The summed E-state index contributed by atoms with van der Waals surface area (Å²) in [7, 11) is 0. The molecule has 0 saturated heterocycles. The SMILES string of the molecule is O=C(NCCc1nccc(-n2ccnc2)n1)Nc1cccc(F)c1. The molecule has 2 N–H and O–H groups in total. The molecule has 122 valence electrons. The lowest BCUT2D eigenvalue weighted by atomic mass is 10.3. The van der Waals surface area contributed by atoms with Crippen molar-refractivity contribution < 1.29 is 9.18 Å². The van der Waals surface area contributed by atoms with Gasteiger partial charge in [0.2, 0.25) is 0 Å². The van der Waals surface area contributed by atoms with Crippen LogP contribution in [-0.4, -0.2) is 32.1 Å². The van der Waals surface area contributed by atoms with Gasteiger partial charge >= 0.3 is 6.03 Å². The Hall–Kier alpha value is -3.29. The zero-order valence-electron chi connectivity index (χ0n) is 12.7. The van der Waals surface area contributed by atoms with Gasteiger partial charge in [-0.15, -0.1) is 0 Å². The molecule has 0 unspecified atom stereocenters. The Bertz CT molecular complexity index is 821. The first-order chi connectivity index (χ1) is 11.7. The van der Waals surface area contributed by atoms with Gasteiger partial charge in [0.15, 0.2) is 0 Å². The van der Waals surface area contributed by atoms with E-state index >= 15 is 0 Å². The van der Waals surface area contributed by atoms with Gasteiger partial charge in [-0.05, 0) is 24.3 Å².